The van der Waals surface area contributed by atoms with Crippen molar-refractivity contribution in [3.8, 4) is 0 Å². The summed E-state index contributed by atoms with van der Waals surface area (Å²) >= 11 is 0. The first-order valence-corrected chi connectivity index (χ1v) is 6.71. The van der Waals surface area contributed by atoms with Crippen molar-refractivity contribution in [2.75, 3.05) is 18.0 Å². The lowest BCUT2D eigenvalue weighted by molar-refractivity contribution is 0.318. The second kappa shape index (κ2) is 5.47. The van der Waals surface area contributed by atoms with Crippen molar-refractivity contribution in [2.24, 2.45) is 22.7 Å². The van der Waals surface area contributed by atoms with E-state index in [0.717, 1.165) is 24.6 Å². The fourth-order valence-corrected chi connectivity index (χ4v) is 2.87. The predicted molar refractivity (Wildman–Crippen MR) is 76.6 cm³/mol. The van der Waals surface area contributed by atoms with Gasteiger partial charge in [-0.2, -0.15) is 0 Å². The third-order valence-electron chi connectivity index (χ3n) is 3.57. The number of anilines is 1. The number of aromatic nitrogens is 1. The third-order valence-corrected chi connectivity index (χ3v) is 3.57. The third kappa shape index (κ3) is 2.97. The SMILES string of the molecule is Cc1ccc(C(N)=NO)c(N2CC(C)CC(C)C2)n1. The normalized spacial score (nSPS) is 24.6. The molecular weight excluding hydrogens is 240 g/mol. The summed E-state index contributed by atoms with van der Waals surface area (Å²) in [5.41, 5.74) is 7.40. The Morgan fingerprint density at radius 1 is 1.37 bits per heavy atom. The van der Waals surface area contributed by atoms with Crippen LogP contribution in [0.1, 0.15) is 31.5 Å². The zero-order chi connectivity index (χ0) is 14.0. The lowest BCUT2D eigenvalue weighted by atomic mass is 9.91. The second-order valence-corrected chi connectivity index (χ2v) is 5.66. The zero-order valence-corrected chi connectivity index (χ0v) is 11.8. The molecule has 5 nitrogen and oxygen atoms in total. The van der Waals surface area contributed by atoms with Crippen molar-refractivity contribution in [1.82, 2.24) is 4.98 Å². The van der Waals surface area contributed by atoms with E-state index in [1.807, 2.05) is 19.1 Å². The molecule has 1 aliphatic rings. The lowest BCUT2D eigenvalue weighted by Crippen LogP contribution is -2.40. The van der Waals surface area contributed by atoms with Crippen molar-refractivity contribution in [3.05, 3.63) is 23.4 Å². The molecular formula is C14H22N4O. The van der Waals surface area contributed by atoms with E-state index in [1.165, 1.54) is 6.42 Å². The second-order valence-electron chi connectivity index (χ2n) is 5.66. The summed E-state index contributed by atoms with van der Waals surface area (Å²) in [5, 5.41) is 12.0. The molecule has 1 saturated heterocycles. The summed E-state index contributed by atoms with van der Waals surface area (Å²) in [7, 11) is 0. The van der Waals surface area contributed by atoms with Gasteiger partial charge < -0.3 is 15.8 Å². The molecule has 1 aromatic rings. The number of nitrogens with zero attached hydrogens (tertiary/aromatic N) is 3. The van der Waals surface area contributed by atoms with Gasteiger partial charge >= 0.3 is 0 Å². The summed E-state index contributed by atoms with van der Waals surface area (Å²) in [6, 6.07) is 3.75. The lowest BCUT2D eigenvalue weighted by Gasteiger charge is -2.36. The van der Waals surface area contributed by atoms with Gasteiger partial charge in [-0.1, -0.05) is 19.0 Å². The van der Waals surface area contributed by atoms with E-state index in [0.29, 0.717) is 17.4 Å². The van der Waals surface area contributed by atoms with Crippen LogP contribution in [0, 0.1) is 18.8 Å². The Morgan fingerprint density at radius 3 is 2.58 bits per heavy atom. The van der Waals surface area contributed by atoms with Gasteiger partial charge in [0.05, 0.1) is 5.56 Å². The van der Waals surface area contributed by atoms with Crippen LogP contribution >= 0.6 is 0 Å². The number of rotatable bonds is 2. The molecule has 3 N–H and O–H groups in total. The number of piperidine rings is 1. The van der Waals surface area contributed by atoms with E-state index in [9.17, 15) is 0 Å². The molecule has 104 valence electrons. The monoisotopic (exact) mass is 262 g/mol. The van der Waals surface area contributed by atoms with E-state index in [4.69, 9.17) is 10.9 Å². The van der Waals surface area contributed by atoms with Gasteiger partial charge in [0, 0.05) is 18.8 Å². The highest BCUT2D eigenvalue weighted by Gasteiger charge is 2.25. The van der Waals surface area contributed by atoms with Crippen LogP contribution in [0.5, 0.6) is 0 Å². The van der Waals surface area contributed by atoms with Crippen LogP contribution in [0.25, 0.3) is 0 Å². The van der Waals surface area contributed by atoms with Crippen LogP contribution in [-0.2, 0) is 0 Å². The Balaban J connectivity index is 2.39. The van der Waals surface area contributed by atoms with Crippen molar-refractivity contribution in [1.29, 1.82) is 0 Å². The van der Waals surface area contributed by atoms with Gasteiger partial charge in [0.1, 0.15) is 5.82 Å². The van der Waals surface area contributed by atoms with Crippen LogP contribution in [-0.4, -0.2) is 29.1 Å². The van der Waals surface area contributed by atoms with E-state index in [-0.39, 0.29) is 5.84 Å². The molecule has 19 heavy (non-hydrogen) atoms. The maximum absolute atomic E-state index is 8.90. The van der Waals surface area contributed by atoms with Gasteiger partial charge in [0.2, 0.25) is 0 Å². The summed E-state index contributed by atoms with van der Waals surface area (Å²) in [6.07, 6.45) is 1.24. The van der Waals surface area contributed by atoms with Gasteiger partial charge in [-0.25, -0.2) is 4.98 Å². The molecule has 2 rings (SSSR count). The number of nitrogens with two attached hydrogens (primary N) is 1. The summed E-state index contributed by atoms with van der Waals surface area (Å²) in [5.74, 6) is 2.21. The molecule has 1 fully saturated rings. The first-order valence-electron chi connectivity index (χ1n) is 6.71. The van der Waals surface area contributed by atoms with Gasteiger partial charge in [-0.3, -0.25) is 0 Å². The Bertz CT molecular complexity index is 476. The summed E-state index contributed by atoms with van der Waals surface area (Å²) in [4.78, 5) is 6.84. The zero-order valence-electron chi connectivity index (χ0n) is 11.8. The highest BCUT2D eigenvalue weighted by Crippen LogP contribution is 2.27. The van der Waals surface area contributed by atoms with E-state index < -0.39 is 0 Å². The van der Waals surface area contributed by atoms with Crippen molar-refractivity contribution >= 4 is 11.7 Å². The Morgan fingerprint density at radius 2 is 2.00 bits per heavy atom. The molecule has 0 aromatic carbocycles. The van der Waals surface area contributed by atoms with E-state index in [1.54, 1.807) is 0 Å². The molecule has 0 saturated carbocycles. The number of oxime groups is 1. The van der Waals surface area contributed by atoms with E-state index >= 15 is 0 Å². The Kier molecular flexibility index (Phi) is 3.93. The molecule has 1 aromatic heterocycles. The summed E-state index contributed by atoms with van der Waals surface area (Å²) in [6.45, 7) is 8.39. The molecule has 0 amide bonds. The number of aryl methyl sites for hydroxylation is 1. The summed E-state index contributed by atoms with van der Waals surface area (Å²) < 4.78 is 0. The molecule has 0 bridgehead atoms. The topological polar surface area (TPSA) is 74.7 Å². The van der Waals surface area contributed by atoms with Crippen LogP contribution < -0.4 is 10.6 Å². The van der Waals surface area contributed by atoms with Gasteiger partial charge in [-0.05, 0) is 37.3 Å². The fraction of sp³-hybridized carbons (Fsp3) is 0.571. The van der Waals surface area contributed by atoms with Crippen LogP contribution in [0.2, 0.25) is 0 Å². The van der Waals surface area contributed by atoms with Crippen LogP contribution in [0.4, 0.5) is 5.82 Å². The first kappa shape index (κ1) is 13.6. The molecule has 1 aliphatic heterocycles. The number of pyridine rings is 1. The smallest absolute Gasteiger partial charge is 0.173 e. The van der Waals surface area contributed by atoms with Crippen LogP contribution in [0.15, 0.2) is 17.3 Å². The average Bonchev–Trinajstić information content (AvgIpc) is 2.36. The molecule has 2 heterocycles. The van der Waals surface area contributed by atoms with Gasteiger partial charge in [-0.15, -0.1) is 0 Å². The highest BCUT2D eigenvalue weighted by molar-refractivity contribution is 6.01. The predicted octanol–water partition coefficient (Wildman–Crippen LogP) is 1.97. The largest absolute Gasteiger partial charge is 0.409 e. The quantitative estimate of drug-likeness (QED) is 0.370. The van der Waals surface area contributed by atoms with Crippen molar-refractivity contribution in [3.63, 3.8) is 0 Å². The van der Waals surface area contributed by atoms with Crippen molar-refractivity contribution in [2.45, 2.75) is 27.2 Å². The molecule has 2 atom stereocenters. The highest BCUT2D eigenvalue weighted by atomic mass is 16.4. The minimum absolute atomic E-state index is 0.119. The average molecular weight is 262 g/mol. The van der Waals surface area contributed by atoms with Crippen molar-refractivity contribution < 1.29 is 5.21 Å². The first-order chi connectivity index (χ1) is 9.01. The molecule has 0 radical (unpaired) electrons. The maximum atomic E-state index is 8.90. The van der Waals surface area contributed by atoms with E-state index in [2.05, 4.69) is 28.9 Å². The van der Waals surface area contributed by atoms with Crippen LogP contribution in [0.3, 0.4) is 0 Å². The maximum Gasteiger partial charge on any atom is 0.173 e. The fourth-order valence-electron chi connectivity index (χ4n) is 2.87. The molecule has 0 aliphatic carbocycles. The Labute approximate surface area is 114 Å². The number of hydrogen-bond donors (Lipinski definition) is 2. The Hall–Kier alpha value is -1.78. The minimum Gasteiger partial charge on any atom is -0.409 e. The molecule has 0 spiro atoms. The molecule has 2 unspecified atom stereocenters. The van der Waals surface area contributed by atoms with Gasteiger partial charge in [0.15, 0.2) is 5.84 Å². The number of hydrogen-bond acceptors (Lipinski definition) is 4. The standard InChI is InChI=1S/C14H22N4O/c1-9-6-10(2)8-18(7-9)14-12(13(15)17-19)5-4-11(3)16-14/h4-5,9-10,19H,6-8H2,1-3H3,(H2,15,17). The molecule has 5 heteroatoms. The van der Waals surface area contributed by atoms with Gasteiger partial charge in [0.25, 0.3) is 0 Å². The number of amidine groups is 1. The minimum atomic E-state index is 0.119.